The fraction of sp³-hybridized carbons (Fsp3) is 0.889. The van der Waals surface area contributed by atoms with Gasteiger partial charge in [-0.1, -0.05) is 168 Å². The summed E-state index contributed by atoms with van der Waals surface area (Å²) in [4.78, 5) is 0. The molecular weight excluding hydrogens is 432 g/mol. The van der Waals surface area contributed by atoms with E-state index >= 15 is 0 Å². The van der Waals surface area contributed by atoms with Gasteiger partial charge in [0.2, 0.25) is 0 Å². The zero-order valence-corrected chi connectivity index (χ0v) is 25.6. The monoisotopic (exact) mass is 501 g/mol. The predicted molar refractivity (Wildman–Crippen MR) is 166 cm³/mol. The molecule has 0 aromatic heterocycles. The molecule has 0 spiro atoms. The number of unbranched alkanes of at least 4 members (excludes halogenated alkanes) is 16. The molecular formula is C36H68. The Morgan fingerprint density at radius 2 is 0.833 bits per heavy atom. The Balaban J connectivity index is 2.80. The van der Waals surface area contributed by atoms with Crippen LogP contribution in [0.3, 0.4) is 0 Å². The third-order valence-corrected chi connectivity index (χ3v) is 8.98. The average molecular weight is 501 g/mol. The van der Waals surface area contributed by atoms with Gasteiger partial charge < -0.3 is 0 Å². The first-order chi connectivity index (χ1) is 17.8. The lowest BCUT2D eigenvalue weighted by Gasteiger charge is -2.40. The highest BCUT2D eigenvalue weighted by Crippen LogP contribution is 2.44. The van der Waals surface area contributed by atoms with Gasteiger partial charge in [0.1, 0.15) is 0 Å². The van der Waals surface area contributed by atoms with Crippen molar-refractivity contribution in [2.45, 2.75) is 182 Å². The Kier molecular flexibility index (Phi) is 23.1. The molecule has 0 nitrogen and oxygen atoms in total. The second-order valence-corrected chi connectivity index (χ2v) is 12.2. The molecule has 0 aliphatic heterocycles. The van der Waals surface area contributed by atoms with Crippen LogP contribution in [0.1, 0.15) is 182 Å². The van der Waals surface area contributed by atoms with Crippen molar-refractivity contribution in [3.05, 3.63) is 24.3 Å². The van der Waals surface area contributed by atoms with Crippen LogP contribution in [0.4, 0.5) is 0 Å². The smallest absolute Gasteiger partial charge is 0.0199 e. The van der Waals surface area contributed by atoms with Crippen LogP contribution in [0.2, 0.25) is 0 Å². The molecule has 0 heterocycles. The normalized spacial score (nSPS) is 22.1. The van der Waals surface area contributed by atoms with Crippen LogP contribution < -0.4 is 0 Å². The second-order valence-electron chi connectivity index (χ2n) is 12.2. The van der Waals surface area contributed by atoms with E-state index in [1.807, 2.05) is 0 Å². The molecule has 212 valence electrons. The highest BCUT2D eigenvalue weighted by Gasteiger charge is 2.34. The molecule has 4 atom stereocenters. The van der Waals surface area contributed by atoms with Gasteiger partial charge in [-0.15, -0.1) is 0 Å². The van der Waals surface area contributed by atoms with E-state index in [4.69, 9.17) is 0 Å². The first-order valence-electron chi connectivity index (χ1n) is 17.1. The molecule has 0 saturated heterocycles. The molecule has 0 fully saturated rings. The second kappa shape index (κ2) is 24.8. The lowest BCUT2D eigenvalue weighted by molar-refractivity contribution is 0.159. The van der Waals surface area contributed by atoms with E-state index in [2.05, 4.69) is 52.0 Å². The van der Waals surface area contributed by atoms with Crippen LogP contribution >= 0.6 is 0 Å². The summed E-state index contributed by atoms with van der Waals surface area (Å²) < 4.78 is 0. The molecule has 0 aromatic rings. The fourth-order valence-electron chi connectivity index (χ4n) is 6.62. The molecule has 1 aliphatic rings. The first-order valence-corrected chi connectivity index (χ1v) is 17.1. The maximum Gasteiger partial charge on any atom is -0.0199 e. The van der Waals surface area contributed by atoms with Crippen molar-refractivity contribution >= 4 is 0 Å². The standard InChI is InChI=1S/C36H68/c1-5-9-13-17-20-24-28-34-32-31-33(27-23-16-12-8-4)35(29-25-21-18-14-10-6-2)36(34)30-26-22-19-15-11-7-3/h21,25,31-36H,5-20,22-24,26-30H2,1-4H3. The molecule has 0 radical (unpaired) electrons. The zero-order chi connectivity index (χ0) is 26.1. The van der Waals surface area contributed by atoms with Gasteiger partial charge in [-0.3, -0.25) is 0 Å². The molecule has 36 heavy (non-hydrogen) atoms. The molecule has 0 N–H and O–H groups in total. The van der Waals surface area contributed by atoms with Crippen molar-refractivity contribution in [2.75, 3.05) is 0 Å². The minimum atomic E-state index is 0.827. The SMILES string of the molecule is CCCCCC=CCC1C(CCCCCC)C=CC(CCCCCCCC)C1CCCCCCCC. The fourth-order valence-corrected chi connectivity index (χ4v) is 6.62. The minimum absolute atomic E-state index is 0.827. The summed E-state index contributed by atoms with van der Waals surface area (Å²) in [6, 6.07) is 0. The predicted octanol–water partition coefficient (Wildman–Crippen LogP) is 13.0. The van der Waals surface area contributed by atoms with Gasteiger partial charge in [0.05, 0.1) is 0 Å². The van der Waals surface area contributed by atoms with Gasteiger partial charge >= 0.3 is 0 Å². The van der Waals surface area contributed by atoms with Crippen LogP contribution in [0.15, 0.2) is 24.3 Å². The first kappa shape index (κ1) is 33.5. The Bertz CT molecular complexity index is 500. The quantitative estimate of drug-likeness (QED) is 0.0863. The van der Waals surface area contributed by atoms with E-state index < -0.39 is 0 Å². The summed E-state index contributed by atoms with van der Waals surface area (Å²) in [5, 5.41) is 0. The number of hydrogen-bond donors (Lipinski definition) is 0. The number of hydrogen-bond acceptors (Lipinski definition) is 0. The van der Waals surface area contributed by atoms with Gasteiger partial charge in [0, 0.05) is 0 Å². The third-order valence-electron chi connectivity index (χ3n) is 8.98. The van der Waals surface area contributed by atoms with Crippen molar-refractivity contribution in [3.63, 3.8) is 0 Å². The van der Waals surface area contributed by atoms with Crippen molar-refractivity contribution in [1.29, 1.82) is 0 Å². The van der Waals surface area contributed by atoms with Gasteiger partial charge in [-0.05, 0) is 62.2 Å². The van der Waals surface area contributed by atoms with Crippen LogP contribution in [0.5, 0.6) is 0 Å². The van der Waals surface area contributed by atoms with Gasteiger partial charge in [0.25, 0.3) is 0 Å². The van der Waals surface area contributed by atoms with Crippen molar-refractivity contribution in [1.82, 2.24) is 0 Å². The molecule has 1 aliphatic carbocycles. The summed E-state index contributed by atoms with van der Waals surface area (Å²) in [6.45, 7) is 9.33. The van der Waals surface area contributed by atoms with E-state index in [0.29, 0.717) is 0 Å². The van der Waals surface area contributed by atoms with Crippen LogP contribution in [-0.2, 0) is 0 Å². The summed E-state index contributed by atoms with van der Waals surface area (Å²) >= 11 is 0. The summed E-state index contributed by atoms with van der Waals surface area (Å²) in [5.41, 5.74) is 0. The highest BCUT2D eigenvalue weighted by molar-refractivity contribution is 5.06. The maximum atomic E-state index is 2.72. The van der Waals surface area contributed by atoms with Gasteiger partial charge in [-0.2, -0.15) is 0 Å². The molecule has 0 saturated carbocycles. The Hall–Kier alpha value is -0.520. The number of rotatable bonds is 25. The largest absolute Gasteiger partial charge is 0.0885 e. The minimum Gasteiger partial charge on any atom is -0.0885 e. The van der Waals surface area contributed by atoms with Crippen molar-refractivity contribution in [2.24, 2.45) is 23.7 Å². The van der Waals surface area contributed by atoms with Gasteiger partial charge in [0.15, 0.2) is 0 Å². The summed E-state index contributed by atoms with van der Waals surface area (Å²) in [5.74, 6) is 3.48. The lowest BCUT2D eigenvalue weighted by atomic mass is 9.65. The third kappa shape index (κ3) is 16.3. The molecule has 0 aromatic carbocycles. The highest BCUT2D eigenvalue weighted by atomic mass is 14.4. The average Bonchev–Trinajstić information content (AvgIpc) is 2.89. The Morgan fingerprint density at radius 3 is 1.39 bits per heavy atom. The van der Waals surface area contributed by atoms with E-state index in [9.17, 15) is 0 Å². The van der Waals surface area contributed by atoms with E-state index in [-0.39, 0.29) is 0 Å². The summed E-state index contributed by atoms with van der Waals surface area (Å²) in [6.07, 6.45) is 44.5. The number of allylic oxidation sites excluding steroid dienone is 4. The maximum absolute atomic E-state index is 2.72. The van der Waals surface area contributed by atoms with Gasteiger partial charge in [-0.25, -0.2) is 0 Å². The van der Waals surface area contributed by atoms with E-state index in [1.165, 1.54) is 154 Å². The molecule has 0 amide bonds. The van der Waals surface area contributed by atoms with E-state index in [1.54, 1.807) is 0 Å². The molecule has 0 bridgehead atoms. The summed E-state index contributed by atoms with van der Waals surface area (Å²) in [7, 11) is 0. The topological polar surface area (TPSA) is 0 Å². The Labute approximate surface area is 229 Å². The lowest BCUT2D eigenvalue weighted by Crippen LogP contribution is -2.31. The molecule has 1 rings (SSSR count). The molecule has 4 unspecified atom stereocenters. The zero-order valence-electron chi connectivity index (χ0n) is 25.6. The van der Waals surface area contributed by atoms with Crippen LogP contribution in [0.25, 0.3) is 0 Å². The van der Waals surface area contributed by atoms with Crippen molar-refractivity contribution in [3.8, 4) is 0 Å². The molecule has 0 heteroatoms. The van der Waals surface area contributed by atoms with Crippen molar-refractivity contribution < 1.29 is 0 Å². The van der Waals surface area contributed by atoms with Crippen LogP contribution in [0, 0.1) is 23.7 Å². The van der Waals surface area contributed by atoms with E-state index in [0.717, 1.165) is 23.7 Å². The Morgan fingerprint density at radius 1 is 0.417 bits per heavy atom. The van der Waals surface area contributed by atoms with Crippen LogP contribution in [-0.4, -0.2) is 0 Å².